The van der Waals surface area contributed by atoms with Crippen LogP contribution in [0, 0.1) is 0 Å². The predicted molar refractivity (Wildman–Crippen MR) is 90.8 cm³/mol. The molecule has 0 atom stereocenters. The van der Waals surface area contributed by atoms with Crippen LogP contribution in [0.5, 0.6) is 0 Å². The first-order valence-corrected chi connectivity index (χ1v) is 8.40. The lowest BCUT2D eigenvalue weighted by atomic mass is 10.0. The summed E-state index contributed by atoms with van der Waals surface area (Å²) >= 11 is 7.15. The number of anilines is 1. The Hall–Kier alpha value is -2.16. The molecule has 3 rings (SSSR count). The van der Waals surface area contributed by atoms with Gasteiger partial charge in [-0.1, -0.05) is 29.0 Å². The third kappa shape index (κ3) is 3.35. The smallest absolute Gasteiger partial charge is 0.338 e. The average molecular weight is 368 g/mol. The minimum Gasteiger partial charge on any atom is -0.460 e. The summed E-state index contributed by atoms with van der Waals surface area (Å²) in [6, 6.07) is 4.77. The first kappa shape index (κ1) is 16.7. The van der Waals surface area contributed by atoms with E-state index in [0.717, 1.165) is 11.3 Å². The third-order valence-corrected chi connectivity index (χ3v) is 4.55. The number of carbonyl (C=O) groups is 2. The fraction of sp³-hybridized carbons (Fsp3) is 0.267. The van der Waals surface area contributed by atoms with E-state index in [1.807, 2.05) is 0 Å². The highest BCUT2D eigenvalue weighted by molar-refractivity contribution is 7.18. The average Bonchev–Trinajstić information content (AvgIpc) is 3.00. The van der Waals surface area contributed by atoms with Gasteiger partial charge in [-0.3, -0.25) is 4.79 Å². The second kappa shape index (κ2) is 7.16. The van der Waals surface area contributed by atoms with Gasteiger partial charge >= 0.3 is 5.97 Å². The second-order valence-electron chi connectivity index (χ2n) is 4.93. The zero-order chi connectivity index (χ0) is 17.1. The Morgan fingerprint density at radius 1 is 1.38 bits per heavy atom. The number of hydrogen-bond donors (Lipinski definition) is 3. The largest absolute Gasteiger partial charge is 0.460 e. The van der Waals surface area contributed by atoms with E-state index in [-0.39, 0.29) is 31.2 Å². The Morgan fingerprint density at radius 3 is 3.00 bits per heavy atom. The molecule has 126 valence electrons. The van der Waals surface area contributed by atoms with Crippen LogP contribution in [0.1, 0.15) is 20.0 Å². The van der Waals surface area contributed by atoms with Crippen LogP contribution >= 0.6 is 22.9 Å². The van der Waals surface area contributed by atoms with E-state index in [2.05, 4.69) is 15.6 Å². The minimum atomic E-state index is -0.521. The molecule has 2 heterocycles. The van der Waals surface area contributed by atoms with Gasteiger partial charge in [0.15, 0.2) is 5.13 Å². The Balaban J connectivity index is 2.16. The lowest BCUT2D eigenvalue weighted by molar-refractivity contribution is 0.0503. The SMILES string of the molecule is O=C1OCCNC(=O)c2sc(NCCO)nc2-c2ccc(Cl)cc21. The number of nitrogens with zero attached hydrogens (tertiary/aromatic N) is 1. The van der Waals surface area contributed by atoms with E-state index in [9.17, 15) is 9.59 Å². The van der Waals surface area contributed by atoms with Crippen molar-refractivity contribution < 1.29 is 19.4 Å². The summed E-state index contributed by atoms with van der Waals surface area (Å²) < 4.78 is 5.15. The summed E-state index contributed by atoms with van der Waals surface area (Å²) in [5, 5.41) is 15.4. The number of aliphatic hydroxyl groups is 1. The molecule has 0 unspecified atom stereocenters. The zero-order valence-corrected chi connectivity index (χ0v) is 14.0. The highest BCUT2D eigenvalue weighted by Crippen LogP contribution is 2.34. The van der Waals surface area contributed by atoms with Crippen molar-refractivity contribution in [2.75, 3.05) is 31.6 Å². The zero-order valence-electron chi connectivity index (χ0n) is 12.5. The number of carbonyl (C=O) groups excluding carboxylic acids is 2. The lowest BCUT2D eigenvalue weighted by Gasteiger charge is -2.13. The number of thiazole rings is 1. The maximum Gasteiger partial charge on any atom is 0.338 e. The van der Waals surface area contributed by atoms with Gasteiger partial charge in [0.1, 0.15) is 11.5 Å². The lowest BCUT2D eigenvalue weighted by Crippen LogP contribution is -2.29. The fourth-order valence-electron chi connectivity index (χ4n) is 2.25. The summed E-state index contributed by atoms with van der Waals surface area (Å²) in [6.07, 6.45) is 0. The van der Waals surface area contributed by atoms with E-state index in [4.69, 9.17) is 21.4 Å². The van der Waals surface area contributed by atoms with Crippen LogP contribution in [-0.2, 0) is 4.74 Å². The predicted octanol–water partition coefficient (Wildman–Crippen LogP) is 1.77. The van der Waals surface area contributed by atoms with Crippen molar-refractivity contribution in [2.24, 2.45) is 0 Å². The van der Waals surface area contributed by atoms with Crippen LogP contribution < -0.4 is 10.6 Å². The van der Waals surface area contributed by atoms with Crippen LogP contribution in [0.3, 0.4) is 0 Å². The number of benzene rings is 1. The van der Waals surface area contributed by atoms with E-state index < -0.39 is 5.97 Å². The molecule has 3 N–H and O–H groups in total. The minimum absolute atomic E-state index is 0.0606. The summed E-state index contributed by atoms with van der Waals surface area (Å²) in [5.74, 6) is -0.814. The van der Waals surface area contributed by atoms with Crippen molar-refractivity contribution in [3.8, 4) is 11.3 Å². The normalized spacial score (nSPS) is 14.2. The molecule has 1 aromatic carbocycles. The van der Waals surface area contributed by atoms with E-state index >= 15 is 0 Å². The van der Waals surface area contributed by atoms with E-state index in [1.54, 1.807) is 12.1 Å². The maximum atomic E-state index is 12.4. The molecule has 0 aliphatic carbocycles. The van der Waals surface area contributed by atoms with Crippen LogP contribution in [-0.4, -0.2) is 48.3 Å². The van der Waals surface area contributed by atoms with Crippen molar-refractivity contribution in [2.45, 2.75) is 0 Å². The van der Waals surface area contributed by atoms with Gasteiger partial charge in [0, 0.05) is 17.1 Å². The molecule has 1 aliphatic rings. The number of amides is 1. The standard InChI is InChI=1S/C15H14ClN3O4S/c16-8-1-2-9-10(7-8)14(22)23-6-4-17-13(21)12-11(9)19-15(24-12)18-3-5-20/h1-2,7,20H,3-6H2,(H,17,21)(H,18,19). The Kier molecular flexibility index (Phi) is 4.98. The Labute approximate surface area is 146 Å². The fourth-order valence-corrected chi connectivity index (χ4v) is 3.35. The number of aliphatic hydroxyl groups excluding tert-OH is 1. The molecule has 24 heavy (non-hydrogen) atoms. The van der Waals surface area contributed by atoms with Crippen molar-refractivity contribution >= 4 is 39.9 Å². The number of rotatable bonds is 3. The third-order valence-electron chi connectivity index (χ3n) is 3.30. The highest BCUT2D eigenvalue weighted by atomic mass is 35.5. The number of hydrogen-bond acceptors (Lipinski definition) is 7. The monoisotopic (exact) mass is 367 g/mol. The number of fused-ring (bicyclic) bond motifs is 3. The molecule has 2 aromatic rings. The first-order valence-electron chi connectivity index (χ1n) is 7.21. The molecule has 0 saturated carbocycles. The molecule has 0 spiro atoms. The van der Waals surface area contributed by atoms with Gasteiger partial charge in [-0.25, -0.2) is 9.78 Å². The van der Waals surface area contributed by atoms with Crippen LogP contribution in [0.2, 0.25) is 5.02 Å². The highest BCUT2D eigenvalue weighted by Gasteiger charge is 2.25. The van der Waals surface area contributed by atoms with Crippen molar-refractivity contribution in [1.29, 1.82) is 0 Å². The summed E-state index contributed by atoms with van der Waals surface area (Å²) in [5.41, 5.74) is 1.12. The van der Waals surface area contributed by atoms with E-state index in [1.165, 1.54) is 6.07 Å². The molecule has 1 aromatic heterocycles. The Morgan fingerprint density at radius 2 is 2.21 bits per heavy atom. The summed E-state index contributed by atoms with van der Waals surface area (Å²) in [7, 11) is 0. The number of cyclic esters (lactones) is 1. The van der Waals surface area contributed by atoms with Crippen molar-refractivity contribution in [3.63, 3.8) is 0 Å². The molecule has 1 aliphatic heterocycles. The number of nitrogens with one attached hydrogen (secondary N) is 2. The van der Waals surface area contributed by atoms with Gasteiger partial charge in [0.25, 0.3) is 5.91 Å². The number of esters is 1. The molecular formula is C15H14ClN3O4S. The van der Waals surface area contributed by atoms with Gasteiger partial charge in [0.05, 0.1) is 24.4 Å². The van der Waals surface area contributed by atoms with Crippen LogP contribution in [0.25, 0.3) is 11.3 Å². The number of aromatic nitrogens is 1. The van der Waals surface area contributed by atoms with Crippen molar-refractivity contribution in [3.05, 3.63) is 33.7 Å². The van der Waals surface area contributed by atoms with Gasteiger partial charge < -0.3 is 20.5 Å². The molecule has 9 heteroatoms. The molecule has 0 fully saturated rings. The summed E-state index contributed by atoms with van der Waals surface area (Å²) in [6.45, 7) is 0.524. The second-order valence-corrected chi connectivity index (χ2v) is 6.36. The number of ether oxygens (including phenoxy) is 1. The van der Waals surface area contributed by atoms with Gasteiger partial charge in [0.2, 0.25) is 0 Å². The van der Waals surface area contributed by atoms with Gasteiger partial charge in [-0.15, -0.1) is 0 Å². The first-order chi connectivity index (χ1) is 11.6. The maximum absolute atomic E-state index is 12.4. The van der Waals surface area contributed by atoms with E-state index in [0.29, 0.717) is 32.8 Å². The van der Waals surface area contributed by atoms with Gasteiger partial charge in [-0.2, -0.15) is 0 Å². The molecular weight excluding hydrogens is 354 g/mol. The quantitative estimate of drug-likeness (QED) is 0.715. The molecule has 0 saturated heterocycles. The van der Waals surface area contributed by atoms with Crippen LogP contribution in [0.4, 0.5) is 5.13 Å². The van der Waals surface area contributed by atoms with Crippen LogP contribution in [0.15, 0.2) is 18.2 Å². The summed E-state index contributed by atoms with van der Waals surface area (Å²) in [4.78, 5) is 29.4. The van der Waals surface area contributed by atoms with Crippen molar-refractivity contribution in [1.82, 2.24) is 10.3 Å². The molecule has 7 nitrogen and oxygen atoms in total. The topological polar surface area (TPSA) is 101 Å². The van der Waals surface area contributed by atoms with Gasteiger partial charge in [-0.05, 0) is 12.1 Å². The number of halogens is 1. The molecule has 0 radical (unpaired) electrons. The molecule has 0 bridgehead atoms. The molecule has 1 amide bonds. The Bertz CT molecular complexity index is 793.